The molecular formula is C9H12N. The zero-order valence-electron chi connectivity index (χ0n) is 6.68. The summed E-state index contributed by atoms with van der Waals surface area (Å²) in [6, 6.07) is 9.19. The molecule has 0 bridgehead atoms. The van der Waals surface area contributed by atoms with Crippen LogP contribution in [0.4, 0.5) is 5.69 Å². The first-order valence-corrected chi connectivity index (χ1v) is 3.36. The lowest BCUT2D eigenvalue weighted by Gasteiger charge is -2.13. The van der Waals surface area contributed by atoms with Crippen LogP contribution in [0.2, 0.25) is 0 Å². The molecule has 1 aromatic carbocycles. The largest absolute Gasteiger partial charge is 0.377 e. The van der Waals surface area contributed by atoms with E-state index in [0.717, 1.165) is 0 Å². The van der Waals surface area contributed by atoms with Crippen LogP contribution in [0.1, 0.15) is 5.56 Å². The highest BCUT2D eigenvalue weighted by Crippen LogP contribution is 2.14. The van der Waals surface area contributed by atoms with Gasteiger partial charge in [-0.2, -0.15) is 0 Å². The van der Waals surface area contributed by atoms with E-state index in [0.29, 0.717) is 0 Å². The molecule has 0 saturated heterocycles. The first kappa shape index (κ1) is 7.13. The Morgan fingerprint density at radius 2 is 2.10 bits per heavy atom. The molecular weight excluding hydrogens is 122 g/mol. The Hall–Kier alpha value is -0.980. The Labute approximate surface area is 62.3 Å². The number of benzene rings is 1. The number of para-hydroxylation sites is 1. The molecule has 0 aliphatic heterocycles. The molecule has 0 N–H and O–H groups in total. The molecule has 0 aliphatic rings. The van der Waals surface area contributed by atoms with Crippen LogP contribution in [0.15, 0.2) is 18.2 Å². The predicted molar refractivity (Wildman–Crippen MR) is 44.3 cm³/mol. The van der Waals surface area contributed by atoms with Crippen molar-refractivity contribution in [1.29, 1.82) is 0 Å². The van der Waals surface area contributed by atoms with E-state index in [-0.39, 0.29) is 0 Å². The fourth-order valence-electron chi connectivity index (χ4n) is 0.994. The molecule has 0 fully saturated rings. The van der Waals surface area contributed by atoms with Crippen LogP contribution in [0, 0.1) is 13.0 Å². The normalized spacial score (nSPS) is 9.50. The van der Waals surface area contributed by atoms with Gasteiger partial charge >= 0.3 is 0 Å². The molecule has 53 valence electrons. The van der Waals surface area contributed by atoms with Gasteiger partial charge in [0.25, 0.3) is 0 Å². The summed E-state index contributed by atoms with van der Waals surface area (Å²) in [4.78, 5) is 2.06. The topological polar surface area (TPSA) is 3.24 Å². The molecule has 0 aromatic heterocycles. The third kappa shape index (κ3) is 1.29. The number of anilines is 1. The number of nitrogens with zero attached hydrogens (tertiary/aromatic N) is 1. The van der Waals surface area contributed by atoms with Crippen molar-refractivity contribution in [3.05, 3.63) is 29.8 Å². The van der Waals surface area contributed by atoms with Crippen molar-refractivity contribution in [2.24, 2.45) is 0 Å². The van der Waals surface area contributed by atoms with Gasteiger partial charge in [-0.3, -0.25) is 0 Å². The van der Waals surface area contributed by atoms with Crippen LogP contribution >= 0.6 is 0 Å². The Balaban J connectivity index is 3.03. The average Bonchev–Trinajstić information content (AvgIpc) is 1.88. The Kier molecular flexibility index (Phi) is 1.95. The molecule has 1 nitrogen and oxygen atoms in total. The number of aryl methyl sites for hydroxylation is 1. The third-order valence-corrected chi connectivity index (χ3v) is 1.48. The minimum absolute atomic E-state index is 1.17. The second-order valence-electron chi connectivity index (χ2n) is 2.60. The highest BCUT2D eigenvalue weighted by molar-refractivity contribution is 5.50. The van der Waals surface area contributed by atoms with Gasteiger partial charge in [0.05, 0.1) is 0 Å². The molecule has 0 heterocycles. The minimum atomic E-state index is 1.17. The number of hydrogen-bond donors (Lipinski definition) is 0. The highest BCUT2D eigenvalue weighted by atomic mass is 15.1. The maximum atomic E-state index is 3.16. The van der Waals surface area contributed by atoms with E-state index in [1.54, 1.807) is 0 Å². The predicted octanol–water partition coefficient (Wildman–Crippen LogP) is 1.86. The van der Waals surface area contributed by atoms with Gasteiger partial charge < -0.3 is 4.90 Å². The Morgan fingerprint density at radius 3 is 2.50 bits per heavy atom. The monoisotopic (exact) mass is 134 g/mol. The summed E-state index contributed by atoms with van der Waals surface area (Å²) in [5, 5.41) is 0. The summed E-state index contributed by atoms with van der Waals surface area (Å²) < 4.78 is 0. The highest BCUT2D eigenvalue weighted by Gasteiger charge is 1.96. The van der Waals surface area contributed by atoms with Gasteiger partial charge in [-0.05, 0) is 12.5 Å². The molecule has 0 saturated carbocycles. The minimum Gasteiger partial charge on any atom is -0.377 e. The first-order valence-electron chi connectivity index (χ1n) is 3.36. The molecule has 1 radical (unpaired) electrons. The van der Waals surface area contributed by atoms with Gasteiger partial charge in [0, 0.05) is 25.8 Å². The van der Waals surface area contributed by atoms with E-state index < -0.39 is 0 Å². The van der Waals surface area contributed by atoms with Gasteiger partial charge in [-0.25, -0.2) is 0 Å². The smallest absolute Gasteiger partial charge is 0.0471 e. The van der Waals surface area contributed by atoms with Gasteiger partial charge in [0.2, 0.25) is 0 Å². The van der Waals surface area contributed by atoms with E-state index >= 15 is 0 Å². The first-order chi connectivity index (χ1) is 4.72. The molecule has 0 aliphatic carbocycles. The lowest BCUT2D eigenvalue weighted by molar-refractivity contribution is 1.11. The summed E-state index contributed by atoms with van der Waals surface area (Å²) in [5.41, 5.74) is 2.44. The van der Waals surface area contributed by atoms with E-state index in [4.69, 9.17) is 0 Å². The molecule has 0 amide bonds. The molecule has 0 unspecified atom stereocenters. The summed E-state index contributed by atoms with van der Waals surface area (Å²) in [6.45, 7) is 2.09. The van der Waals surface area contributed by atoms with Crippen molar-refractivity contribution in [2.75, 3.05) is 19.0 Å². The molecule has 0 spiro atoms. The lowest BCUT2D eigenvalue weighted by atomic mass is 10.2. The summed E-state index contributed by atoms with van der Waals surface area (Å²) in [6.07, 6.45) is 0. The Morgan fingerprint density at radius 1 is 1.40 bits per heavy atom. The molecule has 0 atom stereocenters. The van der Waals surface area contributed by atoms with Crippen LogP contribution < -0.4 is 4.90 Å². The average molecular weight is 134 g/mol. The zero-order valence-corrected chi connectivity index (χ0v) is 6.68. The summed E-state index contributed by atoms with van der Waals surface area (Å²) >= 11 is 0. The third-order valence-electron chi connectivity index (χ3n) is 1.48. The van der Waals surface area contributed by atoms with Crippen LogP contribution in [0.3, 0.4) is 0 Å². The van der Waals surface area contributed by atoms with E-state index in [2.05, 4.69) is 24.0 Å². The quantitative estimate of drug-likeness (QED) is 0.566. The molecule has 10 heavy (non-hydrogen) atoms. The summed E-state index contributed by atoms with van der Waals surface area (Å²) in [5.74, 6) is 0. The van der Waals surface area contributed by atoms with Crippen molar-refractivity contribution < 1.29 is 0 Å². The van der Waals surface area contributed by atoms with Crippen molar-refractivity contribution in [1.82, 2.24) is 0 Å². The van der Waals surface area contributed by atoms with E-state index in [1.165, 1.54) is 11.3 Å². The number of rotatable bonds is 1. The zero-order chi connectivity index (χ0) is 7.56. The van der Waals surface area contributed by atoms with Gasteiger partial charge in [-0.15, -0.1) is 0 Å². The molecule has 1 rings (SSSR count). The van der Waals surface area contributed by atoms with Crippen LogP contribution in [-0.2, 0) is 0 Å². The Bertz CT molecular complexity index is 216. The second-order valence-corrected chi connectivity index (χ2v) is 2.60. The maximum Gasteiger partial charge on any atom is 0.0471 e. The number of hydrogen-bond acceptors (Lipinski definition) is 1. The van der Waals surface area contributed by atoms with Gasteiger partial charge in [0.1, 0.15) is 0 Å². The fourth-order valence-corrected chi connectivity index (χ4v) is 0.994. The van der Waals surface area contributed by atoms with Gasteiger partial charge in [-0.1, -0.05) is 18.2 Å². The van der Waals surface area contributed by atoms with Crippen LogP contribution in [0.25, 0.3) is 0 Å². The SMILES string of the molecule is Cc1ccc[c]c1N(C)C. The van der Waals surface area contributed by atoms with Crippen molar-refractivity contribution in [3.8, 4) is 0 Å². The van der Waals surface area contributed by atoms with Crippen LogP contribution in [-0.4, -0.2) is 14.1 Å². The van der Waals surface area contributed by atoms with E-state index in [9.17, 15) is 0 Å². The lowest BCUT2D eigenvalue weighted by Crippen LogP contribution is -2.09. The van der Waals surface area contributed by atoms with Crippen molar-refractivity contribution >= 4 is 5.69 Å². The van der Waals surface area contributed by atoms with Crippen molar-refractivity contribution in [2.45, 2.75) is 6.92 Å². The van der Waals surface area contributed by atoms with E-state index in [1.807, 2.05) is 26.2 Å². The molecule has 1 heteroatoms. The van der Waals surface area contributed by atoms with Crippen molar-refractivity contribution in [3.63, 3.8) is 0 Å². The van der Waals surface area contributed by atoms with Crippen LogP contribution in [0.5, 0.6) is 0 Å². The maximum absolute atomic E-state index is 3.16. The summed E-state index contributed by atoms with van der Waals surface area (Å²) in [7, 11) is 4.05. The second kappa shape index (κ2) is 2.74. The molecule has 1 aromatic rings. The van der Waals surface area contributed by atoms with Gasteiger partial charge in [0.15, 0.2) is 0 Å². The standard InChI is InChI=1S/C9H12N/c1-8-6-4-5-7-9(8)10(2)3/h4-6H,1-3H3. The fraction of sp³-hybridized carbons (Fsp3) is 0.333.